The number of nitrogens with zero attached hydrogens (tertiary/aromatic N) is 4. The topological polar surface area (TPSA) is 56.3 Å². The van der Waals surface area contributed by atoms with Gasteiger partial charge < -0.3 is 14.5 Å². The molecule has 3 rings (SSSR count). The molecule has 0 spiro atoms. The number of rotatable bonds is 5. The van der Waals surface area contributed by atoms with Crippen molar-refractivity contribution in [2.24, 2.45) is 0 Å². The molecule has 148 valence electrons. The lowest BCUT2D eigenvalue weighted by Gasteiger charge is -2.39. The van der Waals surface area contributed by atoms with Crippen LogP contribution in [0.4, 0.5) is 5.69 Å². The third kappa shape index (κ3) is 5.06. The van der Waals surface area contributed by atoms with Crippen LogP contribution in [0.15, 0.2) is 30.3 Å². The number of amides is 2. The number of morpholine rings is 1. The van der Waals surface area contributed by atoms with Gasteiger partial charge in [-0.25, -0.2) is 0 Å². The van der Waals surface area contributed by atoms with Gasteiger partial charge in [0.05, 0.1) is 25.8 Å². The zero-order valence-corrected chi connectivity index (χ0v) is 16.3. The highest BCUT2D eigenvalue weighted by atomic mass is 16.5. The van der Waals surface area contributed by atoms with E-state index >= 15 is 0 Å². The number of likely N-dealkylation sites (N-methyl/N-ethyl adjacent to an activating group) is 1. The van der Waals surface area contributed by atoms with Crippen molar-refractivity contribution in [3.63, 3.8) is 0 Å². The van der Waals surface area contributed by atoms with E-state index in [-0.39, 0.29) is 17.9 Å². The predicted molar refractivity (Wildman–Crippen MR) is 105 cm³/mol. The van der Waals surface area contributed by atoms with Crippen LogP contribution in [0, 0.1) is 0 Å². The van der Waals surface area contributed by atoms with Gasteiger partial charge in [0, 0.05) is 52.0 Å². The molecule has 27 heavy (non-hydrogen) atoms. The summed E-state index contributed by atoms with van der Waals surface area (Å²) < 4.78 is 5.30. The number of anilines is 1. The monoisotopic (exact) mass is 374 g/mol. The van der Waals surface area contributed by atoms with Gasteiger partial charge in [-0.3, -0.25) is 19.4 Å². The van der Waals surface area contributed by atoms with E-state index in [9.17, 15) is 9.59 Å². The van der Waals surface area contributed by atoms with E-state index in [4.69, 9.17) is 4.74 Å². The summed E-state index contributed by atoms with van der Waals surface area (Å²) >= 11 is 0. The highest BCUT2D eigenvalue weighted by molar-refractivity contribution is 5.96. The SMILES string of the molecule is CC(C(=O)N(C)c1ccccc1)N1CCN(CC(=O)N2CCOCC2)CC1. The van der Waals surface area contributed by atoms with Crippen LogP contribution in [-0.2, 0) is 14.3 Å². The first-order valence-corrected chi connectivity index (χ1v) is 9.71. The largest absolute Gasteiger partial charge is 0.378 e. The van der Waals surface area contributed by atoms with Crippen molar-refractivity contribution < 1.29 is 14.3 Å². The fourth-order valence-corrected chi connectivity index (χ4v) is 3.63. The minimum Gasteiger partial charge on any atom is -0.378 e. The van der Waals surface area contributed by atoms with Gasteiger partial charge >= 0.3 is 0 Å². The van der Waals surface area contributed by atoms with Crippen LogP contribution in [0.2, 0.25) is 0 Å². The quantitative estimate of drug-likeness (QED) is 0.752. The lowest BCUT2D eigenvalue weighted by molar-refractivity contribution is -0.137. The van der Waals surface area contributed by atoms with Gasteiger partial charge in [-0.05, 0) is 19.1 Å². The van der Waals surface area contributed by atoms with Crippen LogP contribution in [0.5, 0.6) is 0 Å². The number of piperazine rings is 1. The third-order valence-corrected chi connectivity index (χ3v) is 5.51. The Morgan fingerprint density at radius 1 is 1.04 bits per heavy atom. The Hall–Kier alpha value is -1.96. The van der Waals surface area contributed by atoms with Crippen molar-refractivity contribution in [2.45, 2.75) is 13.0 Å². The maximum absolute atomic E-state index is 12.8. The molecular formula is C20H30N4O3. The van der Waals surface area contributed by atoms with Crippen LogP contribution < -0.4 is 4.90 Å². The molecule has 2 heterocycles. The molecular weight excluding hydrogens is 344 g/mol. The number of carbonyl (C=O) groups excluding carboxylic acids is 2. The Kier molecular flexibility index (Phi) is 6.82. The highest BCUT2D eigenvalue weighted by Gasteiger charge is 2.29. The molecule has 7 nitrogen and oxygen atoms in total. The maximum Gasteiger partial charge on any atom is 0.243 e. The van der Waals surface area contributed by atoms with Crippen molar-refractivity contribution in [2.75, 3.05) is 71.0 Å². The average Bonchev–Trinajstić information content (AvgIpc) is 2.74. The van der Waals surface area contributed by atoms with Crippen LogP contribution in [0.3, 0.4) is 0 Å². The normalized spacial score (nSPS) is 20.3. The van der Waals surface area contributed by atoms with Crippen LogP contribution in [0.25, 0.3) is 0 Å². The van der Waals surface area contributed by atoms with E-state index in [0.29, 0.717) is 32.8 Å². The highest BCUT2D eigenvalue weighted by Crippen LogP contribution is 2.15. The molecule has 1 aromatic carbocycles. The fourth-order valence-electron chi connectivity index (χ4n) is 3.63. The van der Waals surface area contributed by atoms with Crippen molar-refractivity contribution in [1.82, 2.24) is 14.7 Å². The molecule has 0 bridgehead atoms. The summed E-state index contributed by atoms with van der Waals surface area (Å²) in [5.74, 6) is 0.277. The first-order chi connectivity index (χ1) is 13.1. The molecule has 7 heteroatoms. The zero-order chi connectivity index (χ0) is 19.2. The Balaban J connectivity index is 1.46. The number of ether oxygens (including phenoxy) is 1. The van der Waals surface area contributed by atoms with Crippen molar-refractivity contribution in [1.29, 1.82) is 0 Å². The molecule has 0 aliphatic carbocycles. The first-order valence-electron chi connectivity index (χ1n) is 9.71. The summed E-state index contributed by atoms with van der Waals surface area (Å²) in [6, 6.07) is 9.54. The molecule has 0 saturated carbocycles. The summed E-state index contributed by atoms with van der Waals surface area (Å²) in [6.07, 6.45) is 0. The Morgan fingerprint density at radius 2 is 1.67 bits per heavy atom. The maximum atomic E-state index is 12.8. The Labute approximate surface area is 161 Å². The first kappa shape index (κ1) is 19.8. The van der Waals surface area contributed by atoms with E-state index in [1.165, 1.54) is 0 Å². The number of hydrogen-bond acceptors (Lipinski definition) is 5. The van der Waals surface area contributed by atoms with Crippen molar-refractivity contribution in [3.8, 4) is 0 Å². The second kappa shape index (κ2) is 9.30. The van der Waals surface area contributed by atoms with Gasteiger partial charge in [0.2, 0.25) is 11.8 Å². The second-order valence-electron chi connectivity index (χ2n) is 7.21. The molecule has 0 radical (unpaired) electrons. The molecule has 0 N–H and O–H groups in total. The van der Waals surface area contributed by atoms with Gasteiger partial charge in [0.15, 0.2) is 0 Å². The second-order valence-corrected chi connectivity index (χ2v) is 7.21. The molecule has 2 aliphatic rings. The molecule has 2 saturated heterocycles. The number of hydrogen-bond donors (Lipinski definition) is 0. The lowest BCUT2D eigenvalue weighted by Crippen LogP contribution is -2.56. The molecule has 1 unspecified atom stereocenters. The van der Waals surface area contributed by atoms with Crippen LogP contribution in [0.1, 0.15) is 6.92 Å². The standard InChI is InChI=1S/C20H30N4O3/c1-17(20(26)21(2)18-6-4-3-5-7-18)23-10-8-22(9-11-23)16-19(25)24-12-14-27-15-13-24/h3-7,17H,8-16H2,1-2H3. The van der Waals surface area contributed by atoms with Gasteiger partial charge in [0.25, 0.3) is 0 Å². The minimum atomic E-state index is -0.174. The van der Waals surface area contributed by atoms with E-state index < -0.39 is 0 Å². The fraction of sp³-hybridized carbons (Fsp3) is 0.600. The van der Waals surface area contributed by atoms with Crippen LogP contribution in [-0.4, -0.2) is 98.6 Å². The van der Waals surface area contributed by atoms with Gasteiger partial charge in [-0.2, -0.15) is 0 Å². The van der Waals surface area contributed by atoms with E-state index in [2.05, 4.69) is 9.80 Å². The average molecular weight is 374 g/mol. The molecule has 0 aromatic heterocycles. The molecule has 2 amide bonds. The van der Waals surface area contributed by atoms with Crippen molar-refractivity contribution in [3.05, 3.63) is 30.3 Å². The summed E-state index contributed by atoms with van der Waals surface area (Å²) in [5, 5.41) is 0. The Morgan fingerprint density at radius 3 is 2.30 bits per heavy atom. The predicted octanol–water partition coefficient (Wildman–Crippen LogP) is 0.514. The van der Waals surface area contributed by atoms with E-state index in [1.54, 1.807) is 4.90 Å². The summed E-state index contributed by atoms with van der Waals surface area (Å²) in [5.41, 5.74) is 0.907. The Bertz CT molecular complexity index is 625. The zero-order valence-electron chi connectivity index (χ0n) is 16.3. The molecule has 1 aromatic rings. The van der Waals surface area contributed by atoms with Gasteiger partial charge in [-0.1, -0.05) is 18.2 Å². The lowest BCUT2D eigenvalue weighted by atomic mass is 10.2. The van der Waals surface area contributed by atoms with E-state index in [1.807, 2.05) is 49.2 Å². The van der Waals surface area contributed by atoms with Gasteiger partial charge in [-0.15, -0.1) is 0 Å². The minimum absolute atomic E-state index is 0.0963. The summed E-state index contributed by atoms with van der Waals surface area (Å²) in [4.78, 5) is 33.2. The van der Waals surface area contributed by atoms with E-state index in [0.717, 1.165) is 31.9 Å². The van der Waals surface area contributed by atoms with Crippen LogP contribution >= 0.6 is 0 Å². The molecule has 2 fully saturated rings. The number of carbonyl (C=O) groups is 2. The van der Waals surface area contributed by atoms with Gasteiger partial charge in [0.1, 0.15) is 0 Å². The number of benzene rings is 1. The smallest absolute Gasteiger partial charge is 0.243 e. The number of para-hydroxylation sites is 1. The summed E-state index contributed by atoms with van der Waals surface area (Å²) in [6.45, 7) is 8.29. The molecule has 1 atom stereocenters. The summed E-state index contributed by atoms with van der Waals surface area (Å²) in [7, 11) is 1.82. The molecule has 2 aliphatic heterocycles. The third-order valence-electron chi connectivity index (χ3n) is 5.51. The van der Waals surface area contributed by atoms with Crippen molar-refractivity contribution >= 4 is 17.5 Å².